The molecule has 0 rings (SSSR count). The Morgan fingerprint density at radius 1 is 1.10 bits per heavy atom. The van der Waals surface area contributed by atoms with Gasteiger partial charge in [0.05, 0.1) is 12.0 Å². The molecule has 0 saturated carbocycles. The molecule has 0 saturated heterocycles. The highest BCUT2D eigenvalue weighted by atomic mass is 16.5. The molecule has 4 heteroatoms. The summed E-state index contributed by atoms with van der Waals surface area (Å²) in [5.74, 6) is -0.251. The summed E-state index contributed by atoms with van der Waals surface area (Å²) in [6.07, 6.45) is 8.57. The average molecular weight is 297 g/mol. The number of nitrogens with one attached hydrogen (secondary N) is 1. The third kappa shape index (κ3) is 7.30. The summed E-state index contributed by atoms with van der Waals surface area (Å²) in [6.45, 7) is 9.06. The first-order chi connectivity index (χ1) is 10.1. The van der Waals surface area contributed by atoms with Crippen LogP contribution in [-0.4, -0.2) is 25.0 Å². The van der Waals surface area contributed by atoms with Gasteiger partial charge in [-0.15, -0.1) is 0 Å². The Hall–Kier alpha value is -1.32. The van der Waals surface area contributed by atoms with Crippen molar-refractivity contribution in [2.24, 2.45) is 5.41 Å². The van der Waals surface area contributed by atoms with Gasteiger partial charge < -0.3 is 10.1 Å². The normalized spacial score (nSPS) is 11.6. The Bertz CT molecular complexity index is 333. The topological polar surface area (TPSA) is 55.4 Å². The molecule has 0 atom stereocenters. The standard InChI is InChI=1S/C17H31NO3/c1-5-9-10-14-18-16(20)17(6-2,7-3)13-11-12-15(19)21-8-4/h11-12H,5-10,13-14H2,1-4H3,(H,18,20)/b12-11+. The van der Waals surface area contributed by atoms with Crippen LogP contribution in [0.3, 0.4) is 0 Å². The first-order valence-corrected chi connectivity index (χ1v) is 8.17. The van der Waals surface area contributed by atoms with E-state index in [1.807, 2.05) is 13.8 Å². The number of carbonyl (C=O) groups excluding carboxylic acids is 2. The molecule has 0 aliphatic carbocycles. The van der Waals surface area contributed by atoms with E-state index in [4.69, 9.17) is 4.74 Å². The van der Waals surface area contributed by atoms with E-state index in [1.54, 1.807) is 13.0 Å². The second-order valence-corrected chi connectivity index (χ2v) is 5.31. The molecular weight excluding hydrogens is 266 g/mol. The molecule has 0 fully saturated rings. The lowest BCUT2D eigenvalue weighted by atomic mass is 9.78. The predicted octanol–water partition coefficient (Wildman–Crippen LogP) is 3.61. The van der Waals surface area contributed by atoms with Crippen LogP contribution in [0.2, 0.25) is 0 Å². The molecule has 0 bridgehead atoms. The number of hydrogen-bond donors (Lipinski definition) is 1. The van der Waals surface area contributed by atoms with E-state index >= 15 is 0 Å². The molecule has 0 unspecified atom stereocenters. The van der Waals surface area contributed by atoms with Gasteiger partial charge in [-0.2, -0.15) is 0 Å². The molecule has 1 amide bonds. The second kappa shape index (κ2) is 11.4. The van der Waals surface area contributed by atoms with Gasteiger partial charge in [0.25, 0.3) is 0 Å². The highest BCUT2D eigenvalue weighted by Gasteiger charge is 2.33. The number of allylic oxidation sites excluding steroid dienone is 1. The third-order valence-electron chi connectivity index (χ3n) is 3.95. The maximum Gasteiger partial charge on any atom is 0.330 e. The van der Waals surface area contributed by atoms with E-state index in [-0.39, 0.29) is 11.9 Å². The maximum atomic E-state index is 12.4. The van der Waals surface area contributed by atoms with Gasteiger partial charge in [-0.05, 0) is 32.6 Å². The first kappa shape index (κ1) is 19.7. The SMILES string of the molecule is CCCCCNC(=O)C(CC)(CC)C/C=C/C(=O)OCC. The van der Waals surface area contributed by atoms with E-state index in [1.165, 1.54) is 6.08 Å². The van der Waals surface area contributed by atoms with Gasteiger partial charge in [-0.25, -0.2) is 4.79 Å². The third-order valence-corrected chi connectivity index (χ3v) is 3.95. The van der Waals surface area contributed by atoms with Crippen molar-refractivity contribution in [2.45, 2.75) is 66.2 Å². The van der Waals surface area contributed by atoms with Crippen LogP contribution in [0, 0.1) is 5.41 Å². The van der Waals surface area contributed by atoms with Gasteiger partial charge in [0, 0.05) is 12.6 Å². The van der Waals surface area contributed by atoms with Crippen molar-refractivity contribution in [1.29, 1.82) is 0 Å². The van der Waals surface area contributed by atoms with E-state index < -0.39 is 5.41 Å². The molecule has 1 N–H and O–H groups in total. The summed E-state index contributed by atoms with van der Waals surface area (Å²) in [7, 11) is 0. The van der Waals surface area contributed by atoms with Crippen molar-refractivity contribution in [2.75, 3.05) is 13.2 Å². The molecule has 4 nitrogen and oxygen atoms in total. The minimum absolute atomic E-state index is 0.0945. The number of unbranched alkanes of at least 4 members (excludes halogenated alkanes) is 2. The Balaban J connectivity index is 4.53. The van der Waals surface area contributed by atoms with E-state index in [0.717, 1.165) is 38.6 Å². The van der Waals surface area contributed by atoms with Crippen molar-refractivity contribution in [3.05, 3.63) is 12.2 Å². The van der Waals surface area contributed by atoms with E-state index in [0.29, 0.717) is 13.0 Å². The lowest BCUT2D eigenvalue weighted by Gasteiger charge is -2.29. The Labute approximate surface area is 129 Å². The highest BCUT2D eigenvalue weighted by Crippen LogP contribution is 2.31. The van der Waals surface area contributed by atoms with Gasteiger partial charge in [-0.1, -0.05) is 39.7 Å². The van der Waals surface area contributed by atoms with Gasteiger partial charge in [0.15, 0.2) is 0 Å². The monoisotopic (exact) mass is 297 g/mol. The van der Waals surface area contributed by atoms with Gasteiger partial charge >= 0.3 is 5.97 Å². The lowest BCUT2D eigenvalue weighted by Crippen LogP contribution is -2.40. The van der Waals surface area contributed by atoms with Crippen LogP contribution in [0.4, 0.5) is 0 Å². The summed E-state index contributed by atoms with van der Waals surface area (Å²) >= 11 is 0. The van der Waals surface area contributed by atoms with Crippen LogP contribution in [0.1, 0.15) is 66.2 Å². The molecule has 122 valence electrons. The van der Waals surface area contributed by atoms with Crippen LogP contribution in [0.15, 0.2) is 12.2 Å². The number of rotatable bonds is 11. The van der Waals surface area contributed by atoms with Crippen LogP contribution >= 0.6 is 0 Å². The van der Waals surface area contributed by atoms with Gasteiger partial charge in [-0.3, -0.25) is 4.79 Å². The minimum Gasteiger partial charge on any atom is -0.463 e. The second-order valence-electron chi connectivity index (χ2n) is 5.31. The smallest absolute Gasteiger partial charge is 0.330 e. The zero-order chi connectivity index (χ0) is 16.1. The molecule has 0 aliphatic rings. The molecule has 21 heavy (non-hydrogen) atoms. The summed E-state index contributed by atoms with van der Waals surface area (Å²) < 4.78 is 4.85. The Morgan fingerprint density at radius 2 is 1.76 bits per heavy atom. The van der Waals surface area contributed by atoms with Crippen molar-refractivity contribution >= 4 is 11.9 Å². The maximum absolute atomic E-state index is 12.4. The fraction of sp³-hybridized carbons (Fsp3) is 0.765. The van der Waals surface area contributed by atoms with Gasteiger partial charge in [0.2, 0.25) is 5.91 Å². The van der Waals surface area contributed by atoms with Crippen LogP contribution in [0.5, 0.6) is 0 Å². The largest absolute Gasteiger partial charge is 0.463 e. The van der Waals surface area contributed by atoms with Crippen molar-refractivity contribution in [3.63, 3.8) is 0 Å². The predicted molar refractivity (Wildman–Crippen MR) is 85.9 cm³/mol. The minimum atomic E-state index is -0.421. The Morgan fingerprint density at radius 3 is 2.29 bits per heavy atom. The number of ether oxygens (including phenoxy) is 1. The molecular formula is C17H31NO3. The summed E-state index contributed by atoms with van der Waals surface area (Å²) in [5.41, 5.74) is -0.421. The molecule has 0 aromatic carbocycles. The van der Waals surface area contributed by atoms with Crippen LogP contribution < -0.4 is 5.32 Å². The lowest BCUT2D eigenvalue weighted by molar-refractivity contribution is -0.137. The fourth-order valence-corrected chi connectivity index (χ4v) is 2.29. The van der Waals surface area contributed by atoms with Crippen LogP contribution in [0.25, 0.3) is 0 Å². The number of hydrogen-bond acceptors (Lipinski definition) is 3. The number of carbonyl (C=O) groups is 2. The summed E-state index contributed by atoms with van der Waals surface area (Å²) in [5, 5.41) is 3.03. The summed E-state index contributed by atoms with van der Waals surface area (Å²) in [6, 6.07) is 0. The molecule has 0 aliphatic heterocycles. The molecule has 0 aromatic heterocycles. The number of esters is 1. The molecule has 0 heterocycles. The average Bonchev–Trinajstić information content (AvgIpc) is 2.48. The van der Waals surface area contributed by atoms with E-state index in [9.17, 15) is 9.59 Å². The zero-order valence-electron chi connectivity index (χ0n) is 14.0. The van der Waals surface area contributed by atoms with E-state index in [2.05, 4.69) is 12.2 Å². The van der Waals surface area contributed by atoms with Crippen molar-refractivity contribution in [1.82, 2.24) is 5.32 Å². The molecule has 0 radical (unpaired) electrons. The summed E-state index contributed by atoms with van der Waals surface area (Å²) in [4.78, 5) is 23.7. The number of amides is 1. The molecule has 0 spiro atoms. The first-order valence-electron chi connectivity index (χ1n) is 8.17. The van der Waals surface area contributed by atoms with Crippen molar-refractivity contribution < 1.29 is 14.3 Å². The van der Waals surface area contributed by atoms with Crippen molar-refractivity contribution in [3.8, 4) is 0 Å². The Kier molecular flexibility index (Phi) is 10.6. The van der Waals surface area contributed by atoms with Gasteiger partial charge in [0.1, 0.15) is 0 Å². The quantitative estimate of drug-likeness (QED) is 0.360. The fourth-order valence-electron chi connectivity index (χ4n) is 2.29. The zero-order valence-corrected chi connectivity index (χ0v) is 14.0. The molecule has 0 aromatic rings. The van der Waals surface area contributed by atoms with Crippen LogP contribution in [-0.2, 0) is 14.3 Å². The highest BCUT2D eigenvalue weighted by molar-refractivity contribution is 5.84.